The summed E-state index contributed by atoms with van der Waals surface area (Å²) < 4.78 is 10.3. The number of amides is 1. The van der Waals surface area contributed by atoms with Gasteiger partial charge in [-0.3, -0.25) is 4.79 Å². The number of nitrogens with one attached hydrogen (secondary N) is 1. The third-order valence-corrected chi connectivity index (χ3v) is 4.25. The molecule has 0 aromatic heterocycles. The fraction of sp³-hybridized carbons (Fsp3) is 0.238. The molecular formula is C21H22N2O4. The van der Waals surface area contributed by atoms with E-state index in [4.69, 9.17) is 9.47 Å². The third-order valence-electron chi connectivity index (χ3n) is 4.25. The minimum atomic E-state index is -0.438. The van der Waals surface area contributed by atoms with E-state index >= 15 is 0 Å². The molecule has 27 heavy (non-hydrogen) atoms. The first-order valence-corrected chi connectivity index (χ1v) is 8.76. The van der Waals surface area contributed by atoms with E-state index in [0.717, 1.165) is 11.3 Å². The number of ether oxygens (including phenoxy) is 2. The van der Waals surface area contributed by atoms with Crippen molar-refractivity contribution in [1.82, 2.24) is 0 Å². The van der Waals surface area contributed by atoms with Gasteiger partial charge in [0.15, 0.2) is 0 Å². The molecule has 140 valence electrons. The first-order valence-electron chi connectivity index (χ1n) is 8.76. The van der Waals surface area contributed by atoms with Gasteiger partial charge in [-0.25, -0.2) is 4.79 Å². The Morgan fingerprint density at radius 2 is 1.85 bits per heavy atom. The second-order valence-corrected chi connectivity index (χ2v) is 6.06. The molecule has 0 saturated carbocycles. The topological polar surface area (TPSA) is 67.9 Å². The highest BCUT2D eigenvalue weighted by Crippen LogP contribution is 2.26. The lowest BCUT2D eigenvalue weighted by Gasteiger charge is -2.30. The Labute approximate surface area is 158 Å². The lowest BCUT2D eigenvalue weighted by molar-refractivity contribution is -0.111. The van der Waals surface area contributed by atoms with Gasteiger partial charge < -0.3 is 19.7 Å². The van der Waals surface area contributed by atoms with Crippen LogP contribution in [0, 0.1) is 0 Å². The van der Waals surface area contributed by atoms with Crippen LogP contribution in [0.2, 0.25) is 0 Å². The number of rotatable bonds is 5. The number of benzene rings is 2. The molecule has 1 fully saturated rings. The Morgan fingerprint density at radius 1 is 1.11 bits per heavy atom. The largest absolute Gasteiger partial charge is 0.465 e. The van der Waals surface area contributed by atoms with Crippen molar-refractivity contribution in [2.75, 3.05) is 43.6 Å². The number of esters is 1. The molecule has 6 nitrogen and oxygen atoms in total. The van der Waals surface area contributed by atoms with Crippen LogP contribution in [0.1, 0.15) is 15.9 Å². The van der Waals surface area contributed by atoms with Crippen LogP contribution in [0.3, 0.4) is 0 Å². The molecule has 1 N–H and O–H groups in total. The van der Waals surface area contributed by atoms with Crippen molar-refractivity contribution in [1.29, 1.82) is 0 Å². The zero-order chi connectivity index (χ0) is 19.1. The highest BCUT2D eigenvalue weighted by atomic mass is 16.5. The van der Waals surface area contributed by atoms with E-state index in [1.165, 1.54) is 13.2 Å². The Morgan fingerprint density at radius 3 is 2.56 bits per heavy atom. The molecule has 0 unspecified atom stereocenters. The maximum Gasteiger partial charge on any atom is 0.340 e. The Kier molecular flexibility index (Phi) is 6.22. The number of hydrogen-bond acceptors (Lipinski definition) is 5. The lowest BCUT2D eigenvalue weighted by Crippen LogP contribution is -2.37. The summed E-state index contributed by atoms with van der Waals surface area (Å²) in [4.78, 5) is 26.5. The summed E-state index contributed by atoms with van der Waals surface area (Å²) >= 11 is 0. The second-order valence-electron chi connectivity index (χ2n) is 6.06. The maximum atomic E-state index is 12.2. The van der Waals surface area contributed by atoms with Crippen LogP contribution < -0.4 is 10.2 Å². The average Bonchev–Trinajstić information content (AvgIpc) is 2.73. The van der Waals surface area contributed by atoms with Gasteiger partial charge in [0.05, 0.1) is 31.6 Å². The van der Waals surface area contributed by atoms with E-state index < -0.39 is 5.97 Å². The van der Waals surface area contributed by atoms with Crippen LogP contribution in [-0.4, -0.2) is 45.3 Å². The van der Waals surface area contributed by atoms with Gasteiger partial charge in [0, 0.05) is 24.9 Å². The minimum absolute atomic E-state index is 0.270. The Bertz CT molecular complexity index is 827. The van der Waals surface area contributed by atoms with Crippen LogP contribution in [-0.2, 0) is 14.3 Å². The van der Waals surface area contributed by atoms with E-state index in [2.05, 4.69) is 10.2 Å². The highest BCUT2D eigenvalue weighted by Gasteiger charge is 2.20. The summed E-state index contributed by atoms with van der Waals surface area (Å²) in [6, 6.07) is 14.8. The van der Waals surface area contributed by atoms with Gasteiger partial charge in [-0.2, -0.15) is 0 Å². The molecule has 0 bridgehead atoms. The number of carbonyl (C=O) groups is 2. The molecule has 0 spiro atoms. The predicted octanol–water partition coefficient (Wildman–Crippen LogP) is 2.96. The average molecular weight is 366 g/mol. The summed E-state index contributed by atoms with van der Waals surface area (Å²) in [7, 11) is 1.35. The molecular weight excluding hydrogens is 344 g/mol. The van der Waals surface area contributed by atoms with E-state index in [1.807, 2.05) is 36.4 Å². The zero-order valence-electron chi connectivity index (χ0n) is 15.2. The minimum Gasteiger partial charge on any atom is -0.465 e. The van der Waals surface area contributed by atoms with E-state index in [0.29, 0.717) is 37.6 Å². The predicted molar refractivity (Wildman–Crippen MR) is 105 cm³/mol. The Hall–Kier alpha value is -3.12. The molecule has 1 saturated heterocycles. The first-order chi connectivity index (χ1) is 13.2. The summed E-state index contributed by atoms with van der Waals surface area (Å²) in [5.41, 5.74) is 2.67. The second kappa shape index (κ2) is 9.00. The number of methoxy groups -OCH3 is 1. The number of anilines is 2. The van der Waals surface area contributed by atoms with Crippen LogP contribution in [0.4, 0.5) is 11.4 Å². The fourth-order valence-electron chi connectivity index (χ4n) is 2.89. The van der Waals surface area contributed by atoms with Crippen LogP contribution in [0.15, 0.2) is 54.6 Å². The van der Waals surface area contributed by atoms with Gasteiger partial charge in [0.2, 0.25) is 5.91 Å². The van der Waals surface area contributed by atoms with Gasteiger partial charge in [0.25, 0.3) is 0 Å². The normalized spacial score (nSPS) is 14.2. The molecule has 6 heteroatoms. The smallest absolute Gasteiger partial charge is 0.340 e. The molecule has 1 heterocycles. The van der Waals surface area contributed by atoms with Crippen molar-refractivity contribution >= 4 is 29.3 Å². The van der Waals surface area contributed by atoms with Gasteiger partial charge in [-0.15, -0.1) is 0 Å². The molecule has 3 rings (SSSR count). The fourth-order valence-corrected chi connectivity index (χ4v) is 2.89. The van der Waals surface area contributed by atoms with Crippen molar-refractivity contribution in [3.8, 4) is 0 Å². The number of morpholine rings is 1. The van der Waals surface area contributed by atoms with Gasteiger partial charge >= 0.3 is 5.97 Å². The van der Waals surface area contributed by atoms with E-state index in [1.54, 1.807) is 18.2 Å². The SMILES string of the molecule is COC(=O)c1cc(NC(=O)C=Cc2ccccc2)ccc1N1CCOCC1. The van der Waals surface area contributed by atoms with Gasteiger partial charge in [0.1, 0.15) is 0 Å². The molecule has 0 atom stereocenters. The molecule has 1 aliphatic rings. The summed E-state index contributed by atoms with van der Waals surface area (Å²) in [5.74, 6) is -0.707. The van der Waals surface area contributed by atoms with Crippen molar-refractivity contribution in [3.63, 3.8) is 0 Å². The van der Waals surface area contributed by atoms with Crippen molar-refractivity contribution < 1.29 is 19.1 Å². The molecule has 1 amide bonds. The Balaban J connectivity index is 1.76. The maximum absolute atomic E-state index is 12.2. The molecule has 1 aliphatic heterocycles. The van der Waals surface area contributed by atoms with E-state index in [-0.39, 0.29) is 5.91 Å². The number of carbonyl (C=O) groups excluding carboxylic acids is 2. The summed E-state index contributed by atoms with van der Waals surface area (Å²) in [5, 5.41) is 2.78. The van der Waals surface area contributed by atoms with Crippen LogP contribution in [0.5, 0.6) is 0 Å². The highest BCUT2D eigenvalue weighted by molar-refractivity contribution is 6.03. The van der Waals surface area contributed by atoms with E-state index in [9.17, 15) is 9.59 Å². The number of nitrogens with zero attached hydrogens (tertiary/aromatic N) is 1. The first kappa shape index (κ1) is 18.7. The molecule has 0 radical (unpaired) electrons. The molecule has 0 aliphatic carbocycles. The molecule has 2 aromatic carbocycles. The van der Waals surface area contributed by atoms with Gasteiger partial charge in [-0.05, 0) is 29.8 Å². The summed E-state index contributed by atoms with van der Waals surface area (Å²) in [6.07, 6.45) is 3.20. The van der Waals surface area contributed by atoms with Crippen molar-refractivity contribution in [2.45, 2.75) is 0 Å². The summed E-state index contributed by atoms with van der Waals surface area (Å²) in [6.45, 7) is 2.64. The number of hydrogen-bond donors (Lipinski definition) is 1. The third kappa shape index (κ3) is 4.95. The zero-order valence-corrected chi connectivity index (χ0v) is 15.2. The quantitative estimate of drug-likeness (QED) is 0.651. The van der Waals surface area contributed by atoms with Crippen LogP contribution >= 0.6 is 0 Å². The lowest BCUT2D eigenvalue weighted by atomic mass is 10.1. The van der Waals surface area contributed by atoms with Crippen molar-refractivity contribution in [2.24, 2.45) is 0 Å². The van der Waals surface area contributed by atoms with Crippen molar-refractivity contribution in [3.05, 3.63) is 65.7 Å². The van der Waals surface area contributed by atoms with Gasteiger partial charge in [-0.1, -0.05) is 30.3 Å². The van der Waals surface area contributed by atoms with Crippen LogP contribution in [0.25, 0.3) is 6.08 Å². The monoisotopic (exact) mass is 366 g/mol. The standard InChI is InChI=1S/C21H22N2O4/c1-26-21(25)18-15-17(8-9-19(18)23-11-13-27-14-12-23)22-20(24)10-7-16-5-3-2-4-6-16/h2-10,15H,11-14H2,1H3,(H,22,24). The molecule has 2 aromatic rings.